The molecule has 0 aliphatic rings. The Bertz CT molecular complexity index is 503. The van der Waals surface area contributed by atoms with Crippen LogP contribution in [-0.4, -0.2) is 52.1 Å². The summed E-state index contributed by atoms with van der Waals surface area (Å²) in [5, 5.41) is 8.74. The molecule has 7 heteroatoms. The molecule has 0 amide bonds. The average molecular weight is 287 g/mol. The summed E-state index contributed by atoms with van der Waals surface area (Å²) in [6.07, 6.45) is 0.409. The molecule has 0 aromatic heterocycles. The molecular weight excluding hydrogens is 266 g/mol. The fourth-order valence-corrected chi connectivity index (χ4v) is 2.56. The number of aliphatic hydroxyl groups is 1. The molecule has 0 radical (unpaired) electrons. The van der Waals surface area contributed by atoms with Crippen molar-refractivity contribution < 1.29 is 13.5 Å². The summed E-state index contributed by atoms with van der Waals surface area (Å²) in [5.41, 5.74) is 1.32. The Kier molecular flexibility index (Phi) is 5.59. The van der Waals surface area contributed by atoms with Crippen LogP contribution >= 0.6 is 0 Å². The number of nitrogens with zero attached hydrogens (tertiary/aromatic N) is 2. The zero-order valence-corrected chi connectivity index (χ0v) is 12.3. The Hall–Kier alpha value is -1.31. The molecule has 0 saturated carbocycles. The number of anilines is 2. The zero-order chi connectivity index (χ0) is 14.5. The van der Waals surface area contributed by atoms with Gasteiger partial charge < -0.3 is 10.0 Å². The Morgan fingerprint density at radius 3 is 2.42 bits per heavy atom. The molecule has 0 atom stereocenters. The highest BCUT2D eigenvalue weighted by Crippen LogP contribution is 2.24. The number of hydrogen-bond acceptors (Lipinski definition) is 4. The molecule has 0 heterocycles. The molecule has 0 fully saturated rings. The van der Waals surface area contributed by atoms with E-state index in [9.17, 15) is 8.42 Å². The van der Waals surface area contributed by atoms with Crippen LogP contribution in [-0.2, 0) is 10.2 Å². The zero-order valence-electron chi connectivity index (χ0n) is 11.5. The Morgan fingerprint density at radius 1 is 1.21 bits per heavy atom. The van der Waals surface area contributed by atoms with Gasteiger partial charge in [-0.25, -0.2) is 0 Å². The van der Waals surface area contributed by atoms with E-state index in [1.54, 1.807) is 12.1 Å². The van der Waals surface area contributed by atoms with Gasteiger partial charge >= 0.3 is 10.2 Å². The van der Waals surface area contributed by atoms with Crippen molar-refractivity contribution in [2.24, 2.45) is 0 Å². The van der Waals surface area contributed by atoms with Gasteiger partial charge in [-0.05, 0) is 18.6 Å². The van der Waals surface area contributed by atoms with Gasteiger partial charge in [0.2, 0.25) is 0 Å². The van der Waals surface area contributed by atoms with Crippen molar-refractivity contribution in [3.8, 4) is 0 Å². The molecule has 0 unspecified atom stereocenters. The summed E-state index contributed by atoms with van der Waals surface area (Å²) < 4.78 is 27.9. The molecule has 0 saturated heterocycles. The smallest absolute Gasteiger partial charge is 0.301 e. The van der Waals surface area contributed by atoms with Crippen molar-refractivity contribution in [2.75, 3.05) is 43.9 Å². The van der Waals surface area contributed by atoms with Gasteiger partial charge in [0, 0.05) is 34.3 Å². The minimum atomic E-state index is -3.60. The summed E-state index contributed by atoms with van der Waals surface area (Å²) in [5.74, 6) is 0. The van der Waals surface area contributed by atoms with E-state index in [0.717, 1.165) is 5.69 Å². The summed E-state index contributed by atoms with van der Waals surface area (Å²) in [7, 11) is 1.59. The van der Waals surface area contributed by atoms with Crippen LogP contribution in [0.25, 0.3) is 0 Å². The second-order valence-electron chi connectivity index (χ2n) is 4.42. The van der Waals surface area contributed by atoms with Gasteiger partial charge in [-0.1, -0.05) is 12.1 Å². The van der Waals surface area contributed by atoms with Crippen molar-refractivity contribution in [1.82, 2.24) is 4.31 Å². The van der Waals surface area contributed by atoms with Crippen LogP contribution in [0.15, 0.2) is 24.3 Å². The second kappa shape index (κ2) is 6.74. The maximum Gasteiger partial charge on any atom is 0.301 e. The lowest BCUT2D eigenvalue weighted by molar-refractivity contribution is 0.276. The van der Waals surface area contributed by atoms with Crippen molar-refractivity contribution in [3.05, 3.63) is 24.3 Å². The molecule has 108 valence electrons. The quantitative estimate of drug-likeness (QED) is 0.775. The minimum Gasteiger partial charge on any atom is -0.396 e. The van der Waals surface area contributed by atoms with Crippen molar-refractivity contribution in [3.63, 3.8) is 0 Å². The molecule has 0 aliphatic carbocycles. The van der Waals surface area contributed by atoms with Gasteiger partial charge in [-0.15, -0.1) is 0 Å². The number of hydrogen-bond donors (Lipinski definition) is 2. The van der Waals surface area contributed by atoms with Crippen LogP contribution < -0.4 is 9.62 Å². The predicted octanol–water partition coefficient (Wildman–Crippen LogP) is 0.723. The van der Waals surface area contributed by atoms with Crippen molar-refractivity contribution >= 4 is 21.6 Å². The van der Waals surface area contributed by atoms with Crippen LogP contribution in [0.1, 0.15) is 6.42 Å². The van der Waals surface area contributed by atoms with E-state index in [0.29, 0.717) is 12.1 Å². The van der Waals surface area contributed by atoms with Gasteiger partial charge in [-0.3, -0.25) is 4.72 Å². The average Bonchev–Trinajstić information content (AvgIpc) is 2.35. The third kappa shape index (κ3) is 4.38. The first kappa shape index (κ1) is 15.7. The molecule has 1 aromatic carbocycles. The summed E-state index contributed by atoms with van der Waals surface area (Å²) in [6, 6.07) is 7.18. The summed E-state index contributed by atoms with van der Waals surface area (Å²) in [6.45, 7) is 0.240. The number of benzene rings is 1. The maximum atomic E-state index is 12.1. The Balaban J connectivity index is 2.89. The van der Waals surface area contributed by atoms with Gasteiger partial charge in [0.05, 0.1) is 11.4 Å². The normalized spacial score (nSPS) is 11.6. The van der Waals surface area contributed by atoms with Gasteiger partial charge in [0.25, 0.3) is 0 Å². The monoisotopic (exact) mass is 287 g/mol. The highest BCUT2D eigenvalue weighted by Gasteiger charge is 2.18. The van der Waals surface area contributed by atoms with Crippen LogP contribution in [0.2, 0.25) is 0 Å². The lowest BCUT2D eigenvalue weighted by Gasteiger charge is -2.21. The van der Waals surface area contributed by atoms with E-state index in [-0.39, 0.29) is 13.2 Å². The number of aliphatic hydroxyl groups excluding tert-OH is 1. The van der Waals surface area contributed by atoms with Crippen molar-refractivity contribution in [2.45, 2.75) is 6.42 Å². The highest BCUT2D eigenvalue weighted by atomic mass is 32.2. The van der Waals surface area contributed by atoms with Gasteiger partial charge in [-0.2, -0.15) is 12.7 Å². The summed E-state index contributed by atoms with van der Waals surface area (Å²) >= 11 is 0. The topological polar surface area (TPSA) is 72.9 Å². The van der Waals surface area contributed by atoms with Gasteiger partial charge in [0.15, 0.2) is 0 Å². The van der Waals surface area contributed by atoms with Crippen LogP contribution in [0.5, 0.6) is 0 Å². The van der Waals surface area contributed by atoms with Crippen LogP contribution in [0.3, 0.4) is 0 Å². The largest absolute Gasteiger partial charge is 0.396 e. The SMILES string of the molecule is CN(C)c1ccccc1NS(=O)(=O)N(C)CCCO. The van der Waals surface area contributed by atoms with Crippen molar-refractivity contribution in [1.29, 1.82) is 0 Å². The number of para-hydroxylation sites is 2. The van der Waals surface area contributed by atoms with E-state index in [4.69, 9.17) is 5.11 Å². The van der Waals surface area contributed by atoms with E-state index in [1.807, 2.05) is 31.1 Å². The van der Waals surface area contributed by atoms with E-state index >= 15 is 0 Å². The first-order valence-corrected chi connectivity index (χ1v) is 7.44. The third-order valence-corrected chi connectivity index (χ3v) is 4.15. The van der Waals surface area contributed by atoms with Gasteiger partial charge in [0.1, 0.15) is 0 Å². The molecule has 0 bridgehead atoms. The molecule has 1 aromatic rings. The fourth-order valence-electron chi connectivity index (χ4n) is 1.58. The maximum absolute atomic E-state index is 12.1. The van der Waals surface area contributed by atoms with E-state index in [2.05, 4.69) is 4.72 Å². The van der Waals surface area contributed by atoms with Crippen LogP contribution in [0, 0.1) is 0 Å². The molecule has 19 heavy (non-hydrogen) atoms. The third-order valence-electron chi connectivity index (χ3n) is 2.67. The highest BCUT2D eigenvalue weighted by molar-refractivity contribution is 7.90. The lowest BCUT2D eigenvalue weighted by Crippen LogP contribution is -2.34. The second-order valence-corrected chi connectivity index (χ2v) is 6.19. The Morgan fingerprint density at radius 2 is 1.84 bits per heavy atom. The molecule has 6 nitrogen and oxygen atoms in total. The molecule has 2 N–H and O–H groups in total. The summed E-state index contributed by atoms with van der Waals surface area (Å²) in [4.78, 5) is 1.84. The first-order valence-electron chi connectivity index (χ1n) is 6.00. The standard InChI is InChI=1S/C12H21N3O3S/c1-14(2)12-8-5-4-7-11(12)13-19(17,18)15(3)9-6-10-16/h4-5,7-8,13,16H,6,9-10H2,1-3H3. The number of nitrogens with one attached hydrogen (secondary N) is 1. The Labute approximate surface area is 114 Å². The number of rotatable bonds is 7. The molecule has 1 rings (SSSR count). The van der Waals surface area contributed by atoms with Crippen LogP contribution in [0.4, 0.5) is 11.4 Å². The predicted molar refractivity (Wildman–Crippen MR) is 77.6 cm³/mol. The first-order chi connectivity index (χ1) is 8.88. The van der Waals surface area contributed by atoms with E-state index in [1.165, 1.54) is 11.4 Å². The molecule has 0 aliphatic heterocycles. The lowest BCUT2D eigenvalue weighted by atomic mass is 10.2. The molecular formula is C12H21N3O3S. The fraction of sp³-hybridized carbons (Fsp3) is 0.500. The molecule has 0 spiro atoms. The minimum absolute atomic E-state index is 0.0336. The van der Waals surface area contributed by atoms with E-state index < -0.39 is 10.2 Å².